The standard InChI is InChI=1S/C15H18Cl2O2/c1-13(2,11-5-3-7-14(16,18)9-11)12-6-4-8-15(17,19)10-12/h3-8,18-19H,9-10H2,1-2H3. The number of alkyl halides is 2. The molecule has 0 bridgehead atoms. The molecule has 0 amide bonds. The molecule has 2 aliphatic rings. The third-order valence-corrected chi connectivity index (χ3v) is 4.30. The van der Waals surface area contributed by atoms with Gasteiger partial charge < -0.3 is 10.2 Å². The van der Waals surface area contributed by atoms with Crippen molar-refractivity contribution in [1.82, 2.24) is 0 Å². The predicted octanol–water partition coefficient (Wildman–Crippen LogP) is 3.64. The monoisotopic (exact) mass is 300 g/mol. The molecule has 0 fully saturated rings. The summed E-state index contributed by atoms with van der Waals surface area (Å²) in [6, 6.07) is 0. The third-order valence-electron chi connectivity index (χ3n) is 3.78. The number of rotatable bonds is 2. The Morgan fingerprint density at radius 1 is 0.947 bits per heavy atom. The third kappa shape index (κ3) is 3.32. The van der Waals surface area contributed by atoms with Crippen LogP contribution in [0.1, 0.15) is 26.7 Å². The number of hydrogen-bond donors (Lipinski definition) is 2. The Kier molecular flexibility index (Phi) is 3.74. The van der Waals surface area contributed by atoms with Crippen LogP contribution in [0.3, 0.4) is 0 Å². The van der Waals surface area contributed by atoms with Crippen LogP contribution in [0.2, 0.25) is 0 Å². The highest BCUT2D eigenvalue weighted by molar-refractivity contribution is 6.24. The molecule has 0 aromatic carbocycles. The van der Waals surface area contributed by atoms with Crippen molar-refractivity contribution < 1.29 is 10.2 Å². The second kappa shape index (κ2) is 4.78. The van der Waals surface area contributed by atoms with Gasteiger partial charge in [0.2, 0.25) is 0 Å². The molecule has 0 heterocycles. The van der Waals surface area contributed by atoms with Crippen LogP contribution >= 0.6 is 23.2 Å². The van der Waals surface area contributed by atoms with E-state index in [1.807, 2.05) is 26.0 Å². The largest absolute Gasteiger partial charge is 0.371 e. The zero-order chi connectivity index (χ0) is 14.3. The highest BCUT2D eigenvalue weighted by atomic mass is 35.5. The fraction of sp³-hybridized carbons (Fsp3) is 0.467. The maximum absolute atomic E-state index is 9.94. The Balaban J connectivity index is 2.29. The predicted molar refractivity (Wildman–Crippen MR) is 79.1 cm³/mol. The first-order valence-corrected chi connectivity index (χ1v) is 6.98. The lowest BCUT2D eigenvalue weighted by molar-refractivity contribution is 0.162. The van der Waals surface area contributed by atoms with Gasteiger partial charge in [0, 0.05) is 18.3 Å². The van der Waals surface area contributed by atoms with E-state index < -0.39 is 10.1 Å². The molecule has 19 heavy (non-hydrogen) atoms. The van der Waals surface area contributed by atoms with E-state index in [1.54, 1.807) is 24.3 Å². The average Bonchev–Trinajstić information content (AvgIpc) is 2.26. The van der Waals surface area contributed by atoms with E-state index in [9.17, 15) is 10.2 Å². The molecule has 0 aromatic heterocycles. The Bertz CT molecular complexity index is 450. The minimum Gasteiger partial charge on any atom is -0.371 e. The highest BCUT2D eigenvalue weighted by Crippen LogP contribution is 2.46. The summed E-state index contributed by atoms with van der Waals surface area (Å²) in [6.07, 6.45) is 11.3. The molecule has 2 aliphatic carbocycles. The Morgan fingerprint density at radius 3 is 1.63 bits per heavy atom. The fourth-order valence-electron chi connectivity index (χ4n) is 2.46. The molecule has 2 nitrogen and oxygen atoms in total. The molecule has 2 N–H and O–H groups in total. The van der Waals surface area contributed by atoms with E-state index in [-0.39, 0.29) is 5.41 Å². The van der Waals surface area contributed by atoms with Gasteiger partial charge in [0.15, 0.2) is 10.1 Å². The summed E-state index contributed by atoms with van der Waals surface area (Å²) >= 11 is 12.0. The quantitative estimate of drug-likeness (QED) is 0.765. The summed E-state index contributed by atoms with van der Waals surface area (Å²) in [5.41, 5.74) is 1.71. The molecule has 2 unspecified atom stereocenters. The van der Waals surface area contributed by atoms with Gasteiger partial charge >= 0.3 is 0 Å². The molecule has 104 valence electrons. The molecule has 0 aliphatic heterocycles. The maximum atomic E-state index is 9.94. The molecule has 0 radical (unpaired) electrons. The van der Waals surface area contributed by atoms with Crippen LogP contribution in [0.15, 0.2) is 47.6 Å². The second-order valence-corrected chi connectivity index (χ2v) is 7.03. The van der Waals surface area contributed by atoms with Crippen LogP contribution in [-0.4, -0.2) is 20.3 Å². The Hall–Kier alpha value is -0.540. The molecule has 4 heteroatoms. The zero-order valence-electron chi connectivity index (χ0n) is 11.0. The van der Waals surface area contributed by atoms with Gasteiger partial charge in [-0.25, -0.2) is 0 Å². The number of hydrogen-bond acceptors (Lipinski definition) is 2. The second-order valence-electron chi connectivity index (χ2n) is 5.72. The normalized spacial score (nSPS) is 35.1. The van der Waals surface area contributed by atoms with E-state index >= 15 is 0 Å². The van der Waals surface area contributed by atoms with Crippen molar-refractivity contribution in [3.8, 4) is 0 Å². The van der Waals surface area contributed by atoms with E-state index in [0.29, 0.717) is 12.8 Å². The SMILES string of the molecule is CC(C)(C1=CC=CC(O)(Cl)C1)C1=CC=CC(O)(Cl)C1. The summed E-state index contributed by atoms with van der Waals surface area (Å²) < 4.78 is 0. The van der Waals surface area contributed by atoms with Crippen molar-refractivity contribution in [2.24, 2.45) is 5.41 Å². The lowest BCUT2D eigenvalue weighted by Crippen LogP contribution is -2.31. The van der Waals surface area contributed by atoms with Crippen LogP contribution in [-0.2, 0) is 0 Å². The van der Waals surface area contributed by atoms with Gasteiger partial charge in [-0.3, -0.25) is 0 Å². The Labute approximate surface area is 123 Å². The molecule has 0 spiro atoms. The van der Waals surface area contributed by atoms with Gasteiger partial charge in [-0.2, -0.15) is 0 Å². The summed E-state index contributed by atoms with van der Waals surface area (Å²) in [7, 11) is 0. The van der Waals surface area contributed by atoms with Crippen molar-refractivity contribution in [1.29, 1.82) is 0 Å². The first kappa shape index (κ1) is 14.9. The van der Waals surface area contributed by atoms with Crippen LogP contribution in [0.4, 0.5) is 0 Å². The summed E-state index contributed by atoms with van der Waals surface area (Å²) in [4.78, 5) is 0. The van der Waals surface area contributed by atoms with Gasteiger partial charge in [0.25, 0.3) is 0 Å². The summed E-state index contributed by atoms with van der Waals surface area (Å²) in [5, 5.41) is 17.2. The fourth-order valence-corrected chi connectivity index (χ4v) is 2.89. The van der Waals surface area contributed by atoms with Crippen LogP contribution in [0, 0.1) is 5.41 Å². The van der Waals surface area contributed by atoms with Gasteiger partial charge in [-0.1, -0.05) is 72.5 Å². The lowest BCUT2D eigenvalue weighted by Gasteiger charge is -2.38. The smallest absolute Gasteiger partial charge is 0.161 e. The topological polar surface area (TPSA) is 40.5 Å². The average molecular weight is 301 g/mol. The highest BCUT2D eigenvalue weighted by Gasteiger charge is 2.37. The van der Waals surface area contributed by atoms with Crippen molar-refractivity contribution in [3.05, 3.63) is 47.6 Å². The van der Waals surface area contributed by atoms with E-state index in [2.05, 4.69) is 0 Å². The minimum absolute atomic E-state index is 0.318. The molecular weight excluding hydrogens is 283 g/mol. The molecule has 0 saturated carbocycles. The molecular formula is C15H18Cl2O2. The first-order valence-electron chi connectivity index (χ1n) is 6.23. The summed E-state index contributed by atoms with van der Waals surface area (Å²) in [6.45, 7) is 4.09. The van der Waals surface area contributed by atoms with Crippen molar-refractivity contribution in [2.45, 2.75) is 36.8 Å². The van der Waals surface area contributed by atoms with Gasteiger partial charge in [-0.15, -0.1) is 0 Å². The van der Waals surface area contributed by atoms with Crippen LogP contribution < -0.4 is 0 Å². The Morgan fingerprint density at radius 2 is 1.32 bits per heavy atom. The van der Waals surface area contributed by atoms with Gasteiger partial charge in [0.05, 0.1) is 0 Å². The van der Waals surface area contributed by atoms with Gasteiger partial charge in [-0.05, 0) is 12.2 Å². The zero-order valence-corrected chi connectivity index (χ0v) is 12.5. The number of halogens is 2. The molecule has 2 rings (SSSR count). The lowest BCUT2D eigenvalue weighted by atomic mass is 9.71. The molecule has 0 aromatic rings. The van der Waals surface area contributed by atoms with Crippen molar-refractivity contribution in [2.75, 3.05) is 0 Å². The molecule has 0 saturated heterocycles. The van der Waals surface area contributed by atoms with E-state index in [0.717, 1.165) is 11.1 Å². The molecule has 2 atom stereocenters. The number of aliphatic hydroxyl groups is 2. The van der Waals surface area contributed by atoms with Crippen molar-refractivity contribution >= 4 is 23.2 Å². The van der Waals surface area contributed by atoms with E-state index in [4.69, 9.17) is 23.2 Å². The first-order chi connectivity index (χ1) is 8.62. The van der Waals surface area contributed by atoms with E-state index in [1.165, 1.54) is 0 Å². The summed E-state index contributed by atoms with van der Waals surface area (Å²) in [5.74, 6) is 0. The number of allylic oxidation sites excluding steroid dienone is 4. The maximum Gasteiger partial charge on any atom is 0.161 e. The van der Waals surface area contributed by atoms with Gasteiger partial charge in [0.1, 0.15) is 0 Å². The van der Waals surface area contributed by atoms with Crippen LogP contribution in [0.5, 0.6) is 0 Å². The van der Waals surface area contributed by atoms with Crippen molar-refractivity contribution in [3.63, 3.8) is 0 Å². The van der Waals surface area contributed by atoms with Crippen LogP contribution in [0.25, 0.3) is 0 Å². The minimum atomic E-state index is -1.33.